The fraction of sp³-hybridized carbons (Fsp3) is 0.556. The maximum Gasteiger partial charge on any atom is 0.330 e. The van der Waals surface area contributed by atoms with Crippen molar-refractivity contribution in [2.75, 3.05) is 90.8 Å². The van der Waals surface area contributed by atoms with Crippen molar-refractivity contribution in [2.24, 2.45) is 28.8 Å². The highest BCUT2D eigenvalue weighted by Gasteiger charge is 2.34. The third-order valence-corrected chi connectivity index (χ3v) is 13.3. The summed E-state index contributed by atoms with van der Waals surface area (Å²) in [6, 6.07) is 12.7. The number of unbranched alkanes of at least 4 members (excludes halogenated alkanes) is 3. The van der Waals surface area contributed by atoms with Crippen LogP contribution in [0.3, 0.4) is 0 Å². The number of hydrogen-bond donors (Lipinski definition) is 0. The topological polar surface area (TPSA) is 223 Å². The molecular weight excluding hydrogens is 979 g/mol. The Bertz CT molecular complexity index is 2250. The first-order valence-corrected chi connectivity index (χ1v) is 26.4. The zero-order valence-corrected chi connectivity index (χ0v) is 43.3. The summed E-state index contributed by atoms with van der Waals surface area (Å²) in [5.74, 6) is -3.69. The molecule has 0 atom stereocenters. The molecule has 20 heteroatoms. The van der Waals surface area contributed by atoms with Gasteiger partial charge in [-0.2, -0.15) is 5.10 Å². The lowest BCUT2D eigenvalue weighted by Gasteiger charge is -2.26. The van der Waals surface area contributed by atoms with Crippen molar-refractivity contribution in [1.82, 2.24) is 4.98 Å². The number of para-hydroxylation sites is 1. The molecule has 1 heterocycles. The van der Waals surface area contributed by atoms with Crippen LogP contribution < -0.4 is 14.5 Å². The molecule has 5 rings (SSSR count). The van der Waals surface area contributed by atoms with Gasteiger partial charge in [-0.25, -0.2) is 19.6 Å². The number of rotatable bonds is 34. The van der Waals surface area contributed by atoms with E-state index < -0.39 is 35.7 Å². The first-order valence-electron chi connectivity index (χ1n) is 25.6. The zero-order chi connectivity index (χ0) is 52.8. The predicted octanol–water partition coefficient (Wildman–Crippen LogP) is 7.75. The van der Waals surface area contributed by atoms with E-state index in [9.17, 15) is 28.8 Å². The SMILES string of the molecule is C=CC(=O)OCCOCCOCCOC(=O)C1CCC(C(=O)Oc2ccc(OC(=O)C3CCC(C(=O)OCCOCCOCCOC(=O)C=C)CC3)c(/C=N/N(CCCCCC)c3nc4ccccc4s3)c2)CC1. The third kappa shape index (κ3) is 21.0. The lowest BCUT2D eigenvalue weighted by Crippen LogP contribution is -2.30. The van der Waals surface area contributed by atoms with Crippen molar-refractivity contribution in [3.63, 3.8) is 0 Å². The Balaban J connectivity index is 1.13. The summed E-state index contributed by atoms with van der Waals surface area (Å²) in [5.41, 5.74) is 1.28. The van der Waals surface area contributed by atoms with Gasteiger partial charge in [-0.05, 0) is 88.1 Å². The molecule has 0 amide bonds. The van der Waals surface area contributed by atoms with Gasteiger partial charge >= 0.3 is 35.8 Å². The molecule has 1 aromatic heterocycles. The van der Waals surface area contributed by atoms with Gasteiger partial charge in [0.2, 0.25) is 5.13 Å². The minimum atomic E-state index is -0.516. The van der Waals surface area contributed by atoms with Crippen molar-refractivity contribution in [1.29, 1.82) is 0 Å². The number of carbonyl (C=O) groups excluding carboxylic acids is 6. The summed E-state index contributed by atoms with van der Waals surface area (Å²) < 4.78 is 55.2. The van der Waals surface area contributed by atoms with Crippen LogP contribution >= 0.6 is 11.3 Å². The molecule has 2 aliphatic carbocycles. The minimum Gasteiger partial charge on any atom is -0.463 e. The van der Waals surface area contributed by atoms with Crippen molar-refractivity contribution in [2.45, 2.75) is 84.0 Å². The number of hydrazone groups is 1. The summed E-state index contributed by atoms with van der Waals surface area (Å²) in [6.07, 6.45) is 11.4. The molecule has 0 bridgehead atoms. The number of hydrogen-bond acceptors (Lipinski definition) is 20. The molecule has 3 aromatic rings. The maximum atomic E-state index is 13.8. The molecule has 2 aromatic carbocycles. The number of thiazole rings is 1. The Morgan fingerprint density at radius 1 is 0.595 bits per heavy atom. The molecule has 0 unspecified atom stereocenters. The maximum absolute atomic E-state index is 13.8. The molecule has 0 radical (unpaired) electrons. The van der Waals surface area contributed by atoms with E-state index in [1.807, 2.05) is 29.3 Å². The lowest BCUT2D eigenvalue weighted by atomic mass is 9.82. The quantitative estimate of drug-likeness (QED) is 0.0106. The van der Waals surface area contributed by atoms with Crippen LogP contribution in [0.25, 0.3) is 10.2 Å². The van der Waals surface area contributed by atoms with E-state index in [4.69, 9.17) is 57.5 Å². The first-order chi connectivity index (χ1) is 36.1. The fourth-order valence-electron chi connectivity index (χ4n) is 8.10. The van der Waals surface area contributed by atoms with E-state index in [0.29, 0.717) is 75.2 Å². The fourth-order valence-corrected chi connectivity index (χ4v) is 9.05. The van der Waals surface area contributed by atoms with Crippen LogP contribution in [0.15, 0.2) is 72.9 Å². The summed E-state index contributed by atoms with van der Waals surface area (Å²) in [4.78, 5) is 80.0. The molecule has 19 nitrogen and oxygen atoms in total. The van der Waals surface area contributed by atoms with Crippen molar-refractivity contribution in [3.05, 3.63) is 73.3 Å². The van der Waals surface area contributed by atoms with Crippen LogP contribution in [-0.4, -0.2) is 133 Å². The second-order valence-electron chi connectivity index (χ2n) is 17.6. The molecule has 0 N–H and O–H groups in total. The normalized spacial score (nSPS) is 17.5. The number of anilines is 1. The third-order valence-electron chi connectivity index (χ3n) is 12.2. The van der Waals surface area contributed by atoms with Gasteiger partial charge in [0.25, 0.3) is 0 Å². The van der Waals surface area contributed by atoms with Crippen LogP contribution in [0, 0.1) is 23.7 Å². The number of carbonyl (C=O) groups is 6. The second kappa shape index (κ2) is 33.7. The van der Waals surface area contributed by atoms with Crippen LogP contribution in [-0.2, 0) is 66.7 Å². The summed E-state index contributed by atoms with van der Waals surface area (Å²) >= 11 is 1.53. The molecule has 2 fully saturated rings. The van der Waals surface area contributed by atoms with E-state index in [1.165, 1.54) is 11.3 Å². The van der Waals surface area contributed by atoms with Gasteiger partial charge in [-0.15, -0.1) is 0 Å². The predicted molar refractivity (Wildman–Crippen MR) is 275 cm³/mol. The second-order valence-corrected chi connectivity index (χ2v) is 18.6. The average molecular weight is 1050 g/mol. The number of fused-ring (bicyclic) bond motifs is 1. The smallest absolute Gasteiger partial charge is 0.330 e. The standard InChI is InChI=1S/C54H71N3O16S/c1-4-7-8-11-24-57(54-56-45-12-9-10-13-47(45)74-54)55-38-43-37-44(72-52(62)41-18-14-39(15-19-41)50(60)70-35-31-66-27-25-64-29-33-68-48(58)5-2)22-23-46(43)73-53(63)42-20-16-40(17-21-42)51(61)71-36-32-67-28-26-65-30-34-69-49(59)6-3/h5-6,9-10,12-13,22-23,37-42H,2-4,7-8,11,14-21,24-36H2,1H3/b55-38+. The zero-order valence-electron chi connectivity index (χ0n) is 42.5. The molecule has 2 aliphatic rings. The van der Waals surface area contributed by atoms with Crippen LogP contribution in [0.4, 0.5) is 5.13 Å². The summed E-state index contributed by atoms with van der Waals surface area (Å²) in [7, 11) is 0. The van der Waals surface area contributed by atoms with Crippen LogP contribution in [0.5, 0.6) is 11.5 Å². The van der Waals surface area contributed by atoms with Gasteiger partial charge in [0.1, 0.15) is 37.9 Å². The first kappa shape index (κ1) is 58.8. The van der Waals surface area contributed by atoms with Crippen molar-refractivity contribution >= 4 is 68.7 Å². The van der Waals surface area contributed by atoms with Crippen molar-refractivity contribution in [3.8, 4) is 11.5 Å². The molecule has 2 saturated carbocycles. The monoisotopic (exact) mass is 1050 g/mol. The van der Waals surface area contributed by atoms with E-state index in [-0.39, 0.29) is 108 Å². The van der Waals surface area contributed by atoms with Gasteiger partial charge < -0.3 is 47.4 Å². The Hall–Kier alpha value is -6.06. The molecule has 404 valence electrons. The lowest BCUT2D eigenvalue weighted by molar-refractivity contribution is -0.153. The van der Waals surface area contributed by atoms with E-state index in [0.717, 1.165) is 48.1 Å². The van der Waals surface area contributed by atoms with E-state index in [1.54, 1.807) is 24.4 Å². The number of aromatic nitrogens is 1. The number of ether oxygens (including phenoxy) is 10. The molecule has 0 spiro atoms. The molecular formula is C54H71N3O16S. The van der Waals surface area contributed by atoms with Crippen LogP contribution in [0.1, 0.15) is 89.5 Å². The summed E-state index contributed by atoms with van der Waals surface area (Å²) in [6.45, 7) is 11.8. The molecule has 0 aliphatic heterocycles. The van der Waals surface area contributed by atoms with Gasteiger partial charge in [0.05, 0.1) is 93.0 Å². The van der Waals surface area contributed by atoms with E-state index in [2.05, 4.69) is 20.1 Å². The Morgan fingerprint density at radius 3 is 1.57 bits per heavy atom. The van der Waals surface area contributed by atoms with Gasteiger partial charge in [0.15, 0.2) is 0 Å². The minimum absolute atomic E-state index is 0.0815. The molecule has 0 saturated heterocycles. The van der Waals surface area contributed by atoms with E-state index >= 15 is 0 Å². The Kier molecular flexibility index (Phi) is 26.8. The Labute approximate surface area is 436 Å². The molecule has 74 heavy (non-hydrogen) atoms. The summed E-state index contributed by atoms with van der Waals surface area (Å²) in [5, 5.41) is 7.45. The number of nitrogens with zero attached hydrogens (tertiary/aromatic N) is 3. The Morgan fingerprint density at radius 2 is 1.07 bits per heavy atom. The van der Waals surface area contributed by atoms with Gasteiger partial charge in [-0.1, -0.05) is 62.8 Å². The highest BCUT2D eigenvalue weighted by molar-refractivity contribution is 7.22. The van der Waals surface area contributed by atoms with Crippen LogP contribution in [0.2, 0.25) is 0 Å². The highest BCUT2D eigenvalue weighted by Crippen LogP contribution is 2.35. The highest BCUT2D eigenvalue weighted by atomic mass is 32.1. The number of esters is 6. The largest absolute Gasteiger partial charge is 0.463 e. The van der Waals surface area contributed by atoms with Gasteiger partial charge in [-0.3, -0.25) is 19.2 Å². The number of benzene rings is 2. The average Bonchev–Trinajstić information content (AvgIpc) is 3.86. The van der Waals surface area contributed by atoms with Crippen molar-refractivity contribution < 1.29 is 76.1 Å². The van der Waals surface area contributed by atoms with Gasteiger partial charge in [0, 0.05) is 24.3 Å².